The van der Waals surface area contributed by atoms with Crippen LogP contribution in [0.4, 0.5) is 0 Å². The van der Waals surface area contributed by atoms with Gasteiger partial charge >= 0.3 is 0 Å². The highest BCUT2D eigenvalue weighted by Crippen LogP contribution is 2.13. The van der Waals surface area contributed by atoms with Crippen molar-refractivity contribution in [2.24, 2.45) is 5.92 Å². The zero-order valence-electron chi connectivity index (χ0n) is 13.7. The van der Waals surface area contributed by atoms with Gasteiger partial charge in [-0.2, -0.15) is 0 Å². The Morgan fingerprint density at radius 3 is 2.18 bits per heavy atom. The first kappa shape index (κ1) is 18.0. The van der Waals surface area contributed by atoms with Gasteiger partial charge in [-0.25, -0.2) is 0 Å². The lowest BCUT2D eigenvalue weighted by Gasteiger charge is -2.13. The number of hydrogen-bond acceptors (Lipinski definition) is 2. The number of carbonyl (C=O) groups excluding carboxylic acids is 2. The Morgan fingerprint density at radius 2 is 1.68 bits per heavy atom. The van der Waals surface area contributed by atoms with Crippen LogP contribution in [0.25, 0.3) is 0 Å². The molecule has 0 saturated carbocycles. The van der Waals surface area contributed by atoms with E-state index in [0.29, 0.717) is 12.1 Å². The van der Waals surface area contributed by atoms with Gasteiger partial charge in [0.15, 0.2) is 5.78 Å². The molecule has 1 N–H and O–H groups in total. The SMILES string of the molecule is CCCC(CCC)C(=O)NCC#Cc1ccc(C(C)=O)cc1. The fourth-order valence-corrected chi connectivity index (χ4v) is 2.31. The lowest BCUT2D eigenvalue weighted by molar-refractivity contribution is -0.125. The first-order valence-electron chi connectivity index (χ1n) is 7.96. The molecule has 1 aromatic carbocycles. The molecule has 0 fully saturated rings. The van der Waals surface area contributed by atoms with Crippen LogP contribution in [0.2, 0.25) is 0 Å². The third kappa shape index (κ3) is 6.13. The molecule has 0 spiro atoms. The van der Waals surface area contributed by atoms with Crippen LogP contribution in [-0.2, 0) is 4.79 Å². The van der Waals surface area contributed by atoms with Crippen molar-refractivity contribution < 1.29 is 9.59 Å². The van der Waals surface area contributed by atoms with Gasteiger partial charge in [0.25, 0.3) is 0 Å². The Labute approximate surface area is 133 Å². The summed E-state index contributed by atoms with van der Waals surface area (Å²) in [5, 5.41) is 2.89. The summed E-state index contributed by atoms with van der Waals surface area (Å²) in [5.74, 6) is 6.20. The van der Waals surface area contributed by atoms with Crippen LogP contribution in [-0.4, -0.2) is 18.2 Å². The van der Waals surface area contributed by atoms with Crippen LogP contribution in [0, 0.1) is 17.8 Å². The van der Waals surface area contributed by atoms with Gasteiger partial charge in [-0.05, 0) is 31.9 Å². The van der Waals surface area contributed by atoms with Gasteiger partial charge < -0.3 is 5.32 Å². The fourth-order valence-electron chi connectivity index (χ4n) is 2.31. The van der Waals surface area contributed by atoms with E-state index in [1.165, 1.54) is 0 Å². The number of Topliss-reactive ketones (excluding diaryl/α,β-unsaturated/α-hetero) is 1. The van der Waals surface area contributed by atoms with Crippen molar-refractivity contribution in [1.29, 1.82) is 0 Å². The summed E-state index contributed by atoms with van der Waals surface area (Å²) in [4.78, 5) is 23.2. The average molecular weight is 299 g/mol. The van der Waals surface area contributed by atoms with Crippen molar-refractivity contribution in [2.45, 2.75) is 46.5 Å². The Morgan fingerprint density at radius 1 is 1.09 bits per heavy atom. The zero-order chi connectivity index (χ0) is 16.4. The molecule has 0 atom stereocenters. The largest absolute Gasteiger partial charge is 0.345 e. The first-order chi connectivity index (χ1) is 10.6. The van der Waals surface area contributed by atoms with E-state index in [2.05, 4.69) is 31.0 Å². The number of ketones is 1. The number of rotatable bonds is 7. The van der Waals surface area contributed by atoms with E-state index in [0.717, 1.165) is 31.2 Å². The van der Waals surface area contributed by atoms with E-state index < -0.39 is 0 Å². The van der Waals surface area contributed by atoms with E-state index in [1.54, 1.807) is 19.1 Å². The molecule has 1 rings (SSSR count). The highest BCUT2D eigenvalue weighted by Gasteiger charge is 2.15. The smallest absolute Gasteiger partial charge is 0.223 e. The summed E-state index contributed by atoms with van der Waals surface area (Å²) in [6.45, 7) is 6.09. The number of benzene rings is 1. The molecular formula is C19H25NO2. The molecule has 0 radical (unpaired) electrons. The molecule has 22 heavy (non-hydrogen) atoms. The minimum atomic E-state index is 0.0460. The maximum absolute atomic E-state index is 12.0. The molecule has 0 aromatic heterocycles. The molecule has 0 aliphatic carbocycles. The molecule has 0 saturated heterocycles. The summed E-state index contributed by atoms with van der Waals surface area (Å²) in [6, 6.07) is 7.18. The first-order valence-corrected chi connectivity index (χ1v) is 7.96. The van der Waals surface area contributed by atoms with E-state index in [-0.39, 0.29) is 17.6 Å². The highest BCUT2D eigenvalue weighted by molar-refractivity contribution is 5.94. The molecule has 3 heteroatoms. The van der Waals surface area contributed by atoms with Gasteiger partial charge in [-0.15, -0.1) is 0 Å². The van der Waals surface area contributed by atoms with Gasteiger partial charge in [0, 0.05) is 17.0 Å². The predicted molar refractivity (Wildman–Crippen MR) is 89.6 cm³/mol. The lowest BCUT2D eigenvalue weighted by Crippen LogP contribution is -2.30. The van der Waals surface area contributed by atoms with Crippen molar-refractivity contribution in [3.8, 4) is 11.8 Å². The monoisotopic (exact) mass is 299 g/mol. The van der Waals surface area contributed by atoms with Gasteiger partial charge in [0.2, 0.25) is 5.91 Å². The summed E-state index contributed by atoms with van der Waals surface area (Å²) in [6.07, 6.45) is 3.90. The molecule has 118 valence electrons. The van der Waals surface area contributed by atoms with Crippen molar-refractivity contribution in [2.75, 3.05) is 6.54 Å². The van der Waals surface area contributed by atoms with Crippen LogP contribution < -0.4 is 5.32 Å². The second-order valence-corrected chi connectivity index (χ2v) is 5.43. The standard InChI is InChI=1S/C19H25NO2/c1-4-7-18(8-5-2)19(22)20-14-6-9-16-10-12-17(13-11-16)15(3)21/h10-13,18H,4-5,7-8,14H2,1-3H3,(H,20,22). The molecule has 0 aliphatic rings. The number of amides is 1. The normalized spacial score (nSPS) is 10.0. The third-order valence-corrected chi connectivity index (χ3v) is 3.52. The van der Waals surface area contributed by atoms with Crippen molar-refractivity contribution in [1.82, 2.24) is 5.32 Å². The van der Waals surface area contributed by atoms with Crippen molar-refractivity contribution >= 4 is 11.7 Å². The second kappa shape index (κ2) is 9.78. The van der Waals surface area contributed by atoms with Gasteiger partial charge in [-0.3, -0.25) is 9.59 Å². The molecule has 1 amide bonds. The number of carbonyl (C=O) groups is 2. The van der Waals surface area contributed by atoms with Crippen LogP contribution in [0.15, 0.2) is 24.3 Å². The molecule has 0 bridgehead atoms. The van der Waals surface area contributed by atoms with E-state index >= 15 is 0 Å². The van der Waals surface area contributed by atoms with Crippen LogP contribution in [0.3, 0.4) is 0 Å². The third-order valence-electron chi connectivity index (χ3n) is 3.52. The lowest BCUT2D eigenvalue weighted by atomic mass is 9.97. The fraction of sp³-hybridized carbons (Fsp3) is 0.474. The zero-order valence-corrected chi connectivity index (χ0v) is 13.7. The van der Waals surface area contributed by atoms with E-state index in [9.17, 15) is 9.59 Å². The van der Waals surface area contributed by atoms with Gasteiger partial charge in [-0.1, -0.05) is 50.7 Å². The maximum Gasteiger partial charge on any atom is 0.223 e. The summed E-state index contributed by atoms with van der Waals surface area (Å²) >= 11 is 0. The van der Waals surface area contributed by atoms with Crippen LogP contribution >= 0.6 is 0 Å². The highest BCUT2D eigenvalue weighted by atomic mass is 16.1. The molecule has 1 aromatic rings. The van der Waals surface area contributed by atoms with Crippen LogP contribution in [0.1, 0.15) is 62.4 Å². The number of hydrogen-bond donors (Lipinski definition) is 1. The van der Waals surface area contributed by atoms with Crippen molar-refractivity contribution in [3.05, 3.63) is 35.4 Å². The van der Waals surface area contributed by atoms with Gasteiger partial charge in [0.05, 0.1) is 6.54 Å². The minimum absolute atomic E-state index is 0.0460. The second-order valence-electron chi connectivity index (χ2n) is 5.43. The molecule has 0 heterocycles. The Hall–Kier alpha value is -2.08. The van der Waals surface area contributed by atoms with E-state index in [4.69, 9.17) is 0 Å². The predicted octanol–water partition coefficient (Wildman–Crippen LogP) is 3.57. The average Bonchev–Trinajstić information content (AvgIpc) is 2.51. The van der Waals surface area contributed by atoms with Crippen LogP contribution in [0.5, 0.6) is 0 Å². The molecule has 0 unspecified atom stereocenters. The van der Waals surface area contributed by atoms with Gasteiger partial charge in [0.1, 0.15) is 0 Å². The summed E-state index contributed by atoms with van der Waals surface area (Å²) < 4.78 is 0. The Bertz CT molecular complexity index is 543. The number of nitrogens with one attached hydrogen (secondary N) is 1. The molecular weight excluding hydrogens is 274 g/mol. The Kier molecular flexibility index (Phi) is 7.99. The topological polar surface area (TPSA) is 46.2 Å². The summed E-state index contributed by atoms with van der Waals surface area (Å²) in [7, 11) is 0. The Balaban J connectivity index is 2.49. The molecule has 0 aliphatic heterocycles. The maximum atomic E-state index is 12.0. The minimum Gasteiger partial charge on any atom is -0.345 e. The molecule has 3 nitrogen and oxygen atoms in total. The summed E-state index contributed by atoms with van der Waals surface area (Å²) in [5.41, 5.74) is 1.53. The van der Waals surface area contributed by atoms with E-state index in [1.807, 2.05) is 12.1 Å². The quantitative estimate of drug-likeness (QED) is 0.618. The van der Waals surface area contributed by atoms with Crippen molar-refractivity contribution in [3.63, 3.8) is 0 Å².